The maximum Gasteiger partial charge on any atom is 0.335 e. The zero-order chi connectivity index (χ0) is 13.3. The second-order valence-electron chi connectivity index (χ2n) is 3.96. The molecule has 2 aromatic rings. The fourth-order valence-corrected chi connectivity index (χ4v) is 1.74. The van der Waals surface area contributed by atoms with E-state index in [4.69, 9.17) is 5.11 Å². The van der Waals surface area contributed by atoms with Gasteiger partial charge in [0.2, 0.25) is 0 Å². The normalized spacial score (nSPS) is 10.4. The van der Waals surface area contributed by atoms with E-state index in [1.54, 1.807) is 19.1 Å². The van der Waals surface area contributed by atoms with Gasteiger partial charge in [0.1, 0.15) is 11.6 Å². The highest BCUT2D eigenvalue weighted by Gasteiger charge is 2.11. The summed E-state index contributed by atoms with van der Waals surface area (Å²) in [5.74, 6) is -2.24. The van der Waals surface area contributed by atoms with Crippen molar-refractivity contribution in [2.45, 2.75) is 6.92 Å². The average molecular weight is 248 g/mol. The fourth-order valence-electron chi connectivity index (χ4n) is 1.74. The molecule has 0 saturated heterocycles. The lowest BCUT2D eigenvalue weighted by atomic mass is 9.99. The summed E-state index contributed by atoms with van der Waals surface area (Å²) in [6.07, 6.45) is 0. The molecule has 0 bridgehead atoms. The minimum atomic E-state index is -1.09. The average Bonchev–Trinajstić information content (AvgIpc) is 2.33. The molecule has 1 N–H and O–H groups in total. The Balaban J connectivity index is 2.61. The molecule has 18 heavy (non-hydrogen) atoms. The molecule has 0 heterocycles. The van der Waals surface area contributed by atoms with Crippen molar-refractivity contribution in [3.8, 4) is 11.1 Å². The predicted molar refractivity (Wildman–Crippen MR) is 63.5 cm³/mol. The van der Waals surface area contributed by atoms with Gasteiger partial charge in [-0.2, -0.15) is 0 Å². The number of aromatic carboxylic acids is 1. The van der Waals surface area contributed by atoms with Crippen LogP contribution in [-0.4, -0.2) is 11.1 Å². The Labute approximate surface area is 103 Å². The van der Waals surface area contributed by atoms with Gasteiger partial charge in [0, 0.05) is 5.56 Å². The maximum absolute atomic E-state index is 13.6. The van der Waals surface area contributed by atoms with E-state index < -0.39 is 17.6 Å². The van der Waals surface area contributed by atoms with Crippen LogP contribution in [0.15, 0.2) is 36.4 Å². The molecule has 0 saturated carbocycles. The molecule has 0 atom stereocenters. The first-order valence-electron chi connectivity index (χ1n) is 5.28. The summed E-state index contributed by atoms with van der Waals surface area (Å²) in [6.45, 7) is 1.65. The highest BCUT2D eigenvalue weighted by molar-refractivity contribution is 5.91. The molecule has 2 rings (SSSR count). The third-order valence-corrected chi connectivity index (χ3v) is 2.71. The van der Waals surface area contributed by atoms with Crippen LogP contribution in [0.4, 0.5) is 8.78 Å². The molecule has 0 aliphatic carbocycles. The van der Waals surface area contributed by atoms with E-state index in [2.05, 4.69) is 0 Å². The summed E-state index contributed by atoms with van der Waals surface area (Å²) in [6, 6.07) is 7.57. The first-order valence-corrected chi connectivity index (χ1v) is 5.28. The van der Waals surface area contributed by atoms with Crippen LogP contribution in [0.25, 0.3) is 11.1 Å². The van der Waals surface area contributed by atoms with Crippen LogP contribution in [0, 0.1) is 18.6 Å². The van der Waals surface area contributed by atoms with Gasteiger partial charge >= 0.3 is 5.97 Å². The molecule has 0 unspecified atom stereocenters. The third kappa shape index (κ3) is 2.22. The van der Waals surface area contributed by atoms with E-state index in [0.717, 1.165) is 18.2 Å². The minimum absolute atomic E-state index is 0.0532. The third-order valence-electron chi connectivity index (χ3n) is 2.71. The molecular formula is C14H10F2O2. The summed E-state index contributed by atoms with van der Waals surface area (Å²) in [5.41, 5.74) is 1.05. The van der Waals surface area contributed by atoms with E-state index in [1.807, 2.05) is 0 Å². The van der Waals surface area contributed by atoms with Gasteiger partial charge in [-0.05, 0) is 42.3 Å². The monoisotopic (exact) mass is 248 g/mol. The summed E-state index contributed by atoms with van der Waals surface area (Å²) >= 11 is 0. The van der Waals surface area contributed by atoms with Crippen LogP contribution in [0.1, 0.15) is 15.9 Å². The van der Waals surface area contributed by atoms with Crippen LogP contribution in [-0.2, 0) is 0 Å². The predicted octanol–water partition coefficient (Wildman–Crippen LogP) is 3.64. The van der Waals surface area contributed by atoms with Crippen LogP contribution in [0.5, 0.6) is 0 Å². The topological polar surface area (TPSA) is 37.3 Å². The van der Waals surface area contributed by atoms with Gasteiger partial charge in [0.05, 0.1) is 5.56 Å². The van der Waals surface area contributed by atoms with Gasteiger partial charge in [-0.3, -0.25) is 0 Å². The fraction of sp³-hybridized carbons (Fsp3) is 0.0714. The molecule has 4 heteroatoms. The number of aryl methyl sites for hydroxylation is 1. The van der Waals surface area contributed by atoms with E-state index in [0.29, 0.717) is 11.1 Å². The quantitative estimate of drug-likeness (QED) is 0.880. The van der Waals surface area contributed by atoms with Crippen molar-refractivity contribution in [3.63, 3.8) is 0 Å². The molecule has 0 aromatic heterocycles. The van der Waals surface area contributed by atoms with Gasteiger partial charge in [-0.1, -0.05) is 12.1 Å². The van der Waals surface area contributed by atoms with E-state index in [9.17, 15) is 13.6 Å². The van der Waals surface area contributed by atoms with Crippen LogP contribution in [0.3, 0.4) is 0 Å². The number of carbonyl (C=O) groups is 1. The van der Waals surface area contributed by atoms with Gasteiger partial charge in [-0.15, -0.1) is 0 Å². The number of halogens is 2. The summed E-state index contributed by atoms with van der Waals surface area (Å²) in [5, 5.41) is 8.99. The highest BCUT2D eigenvalue weighted by Crippen LogP contribution is 2.25. The van der Waals surface area contributed by atoms with Gasteiger partial charge in [-0.25, -0.2) is 13.6 Å². The molecule has 0 fully saturated rings. The van der Waals surface area contributed by atoms with E-state index in [-0.39, 0.29) is 11.1 Å². The first kappa shape index (κ1) is 12.2. The molecule has 92 valence electrons. The lowest BCUT2D eigenvalue weighted by molar-refractivity contribution is 0.0696. The standard InChI is InChI=1S/C14H10F2O2/c1-8-2-3-9(6-11(8)14(17)18)12-7-10(15)4-5-13(12)16/h2-7H,1H3,(H,17,18). The lowest BCUT2D eigenvalue weighted by Crippen LogP contribution is -2.00. The maximum atomic E-state index is 13.6. The Morgan fingerprint density at radius 3 is 2.50 bits per heavy atom. The number of carboxylic acid groups (broad SMARTS) is 1. The summed E-state index contributed by atoms with van der Waals surface area (Å²) < 4.78 is 26.7. The number of carboxylic acids is 1. The Morgan fingerprint density at radius 1 is 1.11 bits per heavy atom. The molecule has 0 radical (unpaired) electrons. The molecule has 2 nitrogen and oxygen atoms in total. The minimum Gasteiger partial charge on any atom is -0.478 e. The Hall–Kier alpha value is -2.23. The van der Waals surface area contributed by atoms with E-state index in [1.165, 1.54) is 6.07 Å². The lowest BCUT2D eigenvalue weighted by Gasteiger charge is -2.07. The second kappa shape index (κ2) is 4.56. The first-order chi connectivity index (χ1) is 8.49. The van der Waals surface area contributed by atoms with E-state index >= 15 is 0 Å². The molecule has 0 spiro atoms. The van der Waals surface area contributed by atoms with Crippen molar-refractivity contribution < 1.29 is 18.7 Å². The zero-order valence-corrected chi connectivity index (χ0v) is 9.58. The highest BCUT2D eigenvalue weighted by atomic mass is 19.1. The van der Waals surface area contributed by atoms with Gasteiger partial charge < -0.3 is 5.11 Å². The number of benzene rings is 2. The van der Waals surface area contributed by atoms with Crippen molar-refractivity contribution in [1.29, 1.82) is 0 Å². The summed E-state index contributed by atoms with van der Waals surface area (Å²) in [7, 11) is 0. The molecule has 0 aliphatic rings. The molecule has 0 amide bonds. The number of hydrogen-bond donors (Lipinski definition) is 1. The molecule has 0 aliphatic heterocycles. The van der Waals surface area contributed by atoms with Gasteiger partial charge in [0.15, 0.2) is 0 Å². The van der Waals surface area contributed by atoms with Crippen molar-refractivity contribution in [2.75, 3.05) is 0 Å². The van der Waals surface area contributed by atoms with Crippen LogP contribution < -0.4 is 0 Å². The SMILES string of the molecule is Cc1ccc(-c2cc(F)ccc2F)cc1C(=O)O. The summed E-state index contributed by atoms with van der Waals surface area (Å²) in [4.78, 5) is 11.0. The van der Waals surface area contributed by atoms with Crippen molar-refractivity contribution in [1.82, 2.24) is 0 Å². The zero-order valence-electron chi connectivity index (χ0n) is 9.58. The molecular weight excluding hydrogens is 238 g/mol. The van der Waals surface area contributed by atoms with Crippen molar-refractivity contribution in [2.24, 2.45) is 0 Å². The number of rotatable bonds is 2. The van der Waals surface area contributed by atoms with Crippen LogP contribution >= 0.6 is 0 Å². The molecule has 2 aromatic carbocycles. The van der Waals surface area contributed by atoms with Crippen molar-refractivity contribution >= 4 is 5.97 Å². The Morgan fingerprint density at radius 2 is 1.83 bits per heavy atom. The largest absolute Gasteiger partial charge is 0.478 e. The number of hydrogen-bond acceptors (Lipinski definition) is 1. The van der Waals surface area contributed by atoms with Crippen molar-refractivity contribution in [3.05, 3.63) is 59.2 Å². The smallest absolute Gasteiger partial charge is 0.335 e. The van der Waals surface area contributed by atoms with Gasteiger partial charge in [0.25, 0.3) is 0 Å². The van der Waals surface area contributed by atoms with Crippen LogP contribution in [0.2, 0.25) is 0 Å². The Bertz CT molecular complexity index is 621. The Kier molecular flexibility index (Phi) is 3.10. The second-order valence-corrected chi connectivity index (χ2v) is 3.96.